The van der Waals surface area contributed by atoms with E-state index in [4.69, 9.17) is 4.74 Å². The molecule has 0 amide bonds. The van der Waals surface area contributed by atoms with E-state index >= 15 is 0 Å². The Hall–Kier alpha value is -1.05. The molecule has 14 heavy (non-hydrogen) atoms. The molecule has 2 heteroatoms. The SMILES string of the molecule is CC(C)(C)c1cc(F)cc2c1OCC2. The zero-order chi connectivity index (χ0) is 10.3. The first-order valence-electron chi connectivity index (χ1n) is 4.94. The summed E-state index contributed by atoms with van der Waals surface area (Å²) in [7, 11) is 0. The Balaban J connectivity index is 2.60. The van der Waals surface area contributed by atoms with Crippen LogP contribution < -0.4 is 4.74 Å². The highest BCUT2D eigenvalue weighted by Crippen LogP contribution is 2.37. The van der Waals surface area contributed by atoms with Gasteiger partial charge in [0.15, 0.2) is 0 Å². The molecule has 0 bridgehead atoms. The molecular weight excluding hydrogens is 179 g/mol. The van der Waals surface area contributed by atoms with Crippen molar-refractivity contribution in [1.29, 1.82) is 0 Å². The van der Waals surface area contributed by atoms with E-state index in [1.165, 1.54) is 0 Å². The van der Waals surface area contributed by atoms with Crippen LogP contribution in [0.5, 0.6) is 5.75 Å². The fourth-order valence-corrected chi connectivity index (χ4v) is 1.83. The van der Waals surface area contributed by atoms with Crippen molar-refractivity contribution in [3.8, 4) is 5.75 Å². The van der Waals surface area contributed by atoms with Gasteiger partial charge in [-0.25, -0.2) is 4.39 Å². The predicted octanol–water partition coefficient (Wildman–Crippen LogP) is 3.06. The van der Waals surface area contributed by atoms with E-state index in [9.17, 15) is 4.39 Å². The predicted molar refractivity (Wildman–Crippen MR) is 54.3 cm³/mol. The van der Waals surface area contributed by atoms with Crippen molar-refractivity contribution >= 4 is 0 Å². The number of ether oxygens (including phenoxy) is 1. The van der Waals surface area contributed by atoms with Gasteiger partial charge in [0.25, 0.3) is 0 Å². The first-order chi connectivity index (χ1) is 6.48. The van der Waals surface area contributed by atoms with Crippen molar-refractivity contribution in [1.82, 2.24) is 0 Å². The van der Waals surface area contributed by atoms with Crippen LogP contribution in [0.25, 0.3) is 0 Å². The monoisotopic (exact) mass is 194 g/mol. The van der Waals surface area contributed by atoms with E-state index < -0.39 is 0 Å². The minimum atomic E-state index is -0.154. The van der Waals surface area contributed by atoms with Crippen molar-refractivity contribution < 1.29 is 9.13 Å². The average Bonchev–Trinajstić information content (AvgIpc) is 2.47. The molecule has 1 aromatic carbocycles. The highest BCUT2D eigenvalue weighted by Gasteiger charge is 2.25. The molecule has 0 radical (unpaired) electrons. The largest absolute Gasteiger partial charge is 0.493 e. The average molecular weight is 194 g/mol. The molecule has 1 aliphatic rings. The lowest BCUT2D eigenvalue weighted by Crippen LogP contribution is -2.13. The Labute approximate surface area is 83.9 Å². The van der Waals surface area contributed by atoms with Crippen molar-refractivity contribution in [3.05, 3.63) is 29.1 Å². The Kier molecular flexibility index (Phi) is 2.02. The van der Waals surface area contributed by atoms with Gasteiger partial charge in [0.05, 0.1) is 6.61 Å². The first-order valence-corrected chi connectivity index (χ1v) is 4.94. The second kappa shape index (κ2) is 2.97. The van der Waals surface area contributed by atoms with Crippen LogP contribution in [0.1, 0.15) is 31.9 Å². The first kappa shape index (κ1) is 9.50. The van der Waals surface area contributed by atoms with Gasteiger partial charge in [-0.05, 0) is 17.5 Å². The summed E-state index contributed by atoms with van der Waals surface area (Å²) in [5.74, 6) is 0.748. The zero-order valence-electron chi connectivity index (χ0n) is 8.86. The topological polar surface area (TPSA) is 9.23 Å². The number of hydrogen-bond donors (Lipinski definition) is 0. The lowest BCUT2D eigenvalue weighted by atomic mass is 9.85. The quantitative estimate of drug-likeness (QED) is 0.616. The summed E-state index contributed by atoms with van der Waals surface area (Å²) in [6, 6.07) is 3.17. The molecule has 0 atom stereocenters. The number of benzene rings is 1. The fourth-order valence-electron chi connectivity index (χ4n) is 1.83. The third-order valence-corrected chi connectivity index (χ3v) is 2.56. The van der Waals surface area contributed by atoms with Gasteiger partial charge < -0.3 is 4.74 Å². The van der Waals surface area contributed by atoms with Crippen LogP contribution in [0.15, 0.2) is 12.1 Å². The molecular formula is C12H15FO. The molecule has 1 aliphatic heterocycles. The number of halogens is 1. The van der Waals surface area contributed by atoms with Gasteiger partial charge in [-0.1, -0.05) is 20.8 Å². The van der Waals surface area contributed by atoms with Gasteiger partial charge in [0.1, 0.15) is 11.6 Å². The Bertz CT molecular complexity index is 363. The summed E-state index contributed by atoms with van der Waals surface area (Å²) in [5, 5.41) is 0. The van der Waals surface area contributed by atoms with Gasteiger partial charge in [-0.15, -0.1) is 0 Å². The Morgan fingerprint density at radius 1 is 1.29 bits per heavy atom. The molecule has 0 spiro atoms. The van der Waals surface area contributed by atoms with E-state index in [-0.39, 0.29) is 11.2 Å². The van der Waals surface area contributed by atoms with E-state index in [1.807, 2.05) is 0 Å². The summed E-state index contributed by atoms with van der Waals surface area (Å²) in [6.07, 6.45) is 0.830. The van der Waals surface area contributed by atoms with Crippen molar-refractivity contribution in [3.63, 3.8) is 0 Å². The molecule has 76 valence electrons. The van der Waals surface area contributed by atoms with Crippen molar-refractivity contribution in [2.75, 3.05) is 6.61 Å². The van der Waals surface area contributed by atoms with Crippen molar-refractivity contribution in [2.24, 2.45) is 0 Å². The van der Waals surface area contributed by atoms with Crippen LogP contribution in [0.4, 0.5) is 4.39 Å². The van der Waals surface area contributed by atoms with Gasteiger partial charge in [0, 0.05) is 17.5 Å². The van der Waals surface area contributed by atoms with Gasteiger partial charge in [-0.3, -0.25) is 0 Å². The van der Waals surface area contributed by atoms with E-state index in [2.05, 4.69) is 20.8 Å². The molecule has 0 unspecified atom stereocenters. The molecule has 0 saturated carbocycles. The minimum Gasteiger partial charge on any atom is -0.493 e. The lowest BCUT2D eigenvalue weighted by molar-refractivity contribution is 0.346. The van der Waals surface area contributed by atoms with Crippen LogP contribution in [0, 0.1) is 5.82 Å². The molecule has 0 aromatic heterocycles. The van der Waals surface area contributed by atoms with E-state index in [0.29, 0.717) is 6.61 Å². The maximum Gasteiger partial charge on any atom is 0.126 e. The van der Waals surface area contributed by atoms with Crippen molar-refractivity contribution in [2.45, 2.75) is 32.6 Å². The maximum absolute atomic E-state index is 13.3. The lowest BCUT2D eigenvalue weighted by Gasteiger charge is -2.21. The Morgan fingerprint density at radius 2 is 2.00 bits per heavy atom. The van der Waals surface area contributed by atoms with Crippen LogP contribution >= 0.6 is 0 Å². The molecule has 1 aromatic rings. The molecule has 2 rings (SSSR count). The third kappa shape index (κ3) is 1.49. The summed E-state index contributed by atoms with van der Waals surface area (Å²) in [4.78, 5) is 0. The highest BCUT2D eigenvalue weighted by atomic mass is 19.1. The summed E-state index contributed by atoms with van der Waals surface area (Å²) in [5.41, 5.74) is 1.93. The summed E-state index contributed by atoms with van der Waals surface area (Å²) in [6.45, 7) is 6.90. The third-order valence-electron chi connectivity index (χ3n) is 2.56. The zero-order valence-corrected chi connectivity index (χ0v) is 8.86. The van der Waals surface area contributed by atoms with Crippen LogP contribution in [0.3, 0.4) is 0 Å². The molecule has 0 N–H and O–H groups in total. The summed E-state index contributed by atoms with van der Waals surface area (Å²) < 4.78 is 18.8. The molecule has 0 fully saturated rings. The number of fused-ring (bicyclic) bond motifs is 1. The van der Waals surface area contributed by atoms with Crippen LogP contribution in [-0.4, -0.2) is 6.61 Å². The smallest absolute Gasteiger partial charge is 0.126 e. The molecule has 0 aliphatic carbocycles. The second-order valence-corrected chi connectivity index (χ2v) is 4.79. The maximum atomic E-state index is 13.3. The normalized spacial score (nSPS) is 15.1. The van der Waals surface area contributed by atoms with Crippen LogP contribution in [0.2, 0.25) is 0 Å². The standard InChI is InChI=1S/C12H15FO/c1-12(2,3)10-7-9(13)6-8-4-5-14-11(8)10/h6-7H,4-5H2,1-3H3. The van der Waals surface area contributed by atoms with E-state index in [0.717, 1.165) is 23.3 Å². The fraction of sp³-hybridized carbons (Fsp3) is 0.500. The number of rotatable bonds is 0. The second-order valence-electron chi connectivity index (χ2n) is 4.79. The van der Waals surface area contributed by atoms with E-state index in [1.54, 1.807) is 12.1 Å². The van der Waals surface area contributed by atoms with Gasteiger partial charge in [0.2, 0.25) is 0 Å². The van der Waals surface area contributed by atoms with Crippen LogP contribution in [-0.2, 0) is 11.8 Å². The van der Waals surface area contributed by atoms with Gasteiger partial charge in [-0.2, -0.15) is 0 Å². The molecule has 1 nitrogen and oxygen atoms in total. The Morgan fingerprint density at radius 3 is 2.64 bits per heavy atom. The molecule has 1 heterocycles. The molecule has 0 saturated heterocycles. The highest BCUT2D eigenvalue weighted by molar-refractivity contribution is 5.47. The minimum absolute atomic E-state index is 0.0590. The van der Waals surface area contributed by atoms with Gasteiger partial charge >= 0.3 is 0 Å². The number of hydrogen-bond acceptors (Lipinski definition) is 1. The summed E-state index contributed by atoms with van der Waals surface area (Å²) >= 11 is 0.